The molecule has 1 aromatic carbocycles. The Morgan fingerprint density at radius 2 is 2.00 bits per heavy atom. The van der Waals surface area contributed by atoms with Gasteiger partial charge in [0.1, 0.15) is 5.69 Å². The average molecular weight is 356 g/mol. The van der Waals surface area contributed by atoms with Crippen molar-refractivity contribution < 1.29 is 14.7 Å². The molecule has 1 aliphatic carbocycles. The van der Waals surface area contributed by atoms with Crippen LogP contribution in [-0.4, -0.2) is 56.8 Å². The summed E-state index contributed by atoms with van der Waals surface area (Å²) in [5.41, 5.74) is 2.13. The van der Waals surface area contributed by atoms with Crippen LogP contribution >= 0.6 is 0 Å². The molecular formula is C19H24N4O3. The van der Waals surface area contributed by atoms with E-state index >= 15 is 0 Å². The SMILES string of the molecule is CCN(CC(=O)O)C1CC(NC(=O)c2cn(C)nc2-c2ccccc2)C1. The Balaban J connectivity index is 1.63. The Morgan fingerprint density at radius 1 is 1.31 bits per heavy atom. The predicted octanol–water partition coefficient (Wildman–Crippen LogP) is 1.75. The number of rotatable bonds is 7. The number of carboxylic acid groups (broad SMARTS) is 1. The van der Waals surface area contributed by atoms with Gasteiger partial charge < -0.3 is 10.4 Å². The molecule has 2 aromatic rings. The average Bonchev–Trinajstić information content (AvgIpc) is 2.98. The number of benzene rings is 1. The van der Waals surface area contributed by atoms with Gasteiger partial charge in [-0.2, -0.15) is 5.10 Å². The standard InChI is InChI=1S/C19H24N4O3/c1-3-23(12-17(24)25)15-9-14(10-15)20-19(26)16-11-22(2)21-18(16)13-7-5-4-6-8-13/h4-8,11,14-15H,3,9-10,12H2,1-2H3,(H,20,26)(H,24,25). The minimum absolute atomic E-state index is 0.0442. The third-order valence-corrected chi connectivity index (χ3v) is 4.83. The summed E-state index contributed by atoms with van der Waals surface area (Å²) in [6, 6.07) is 9.92. The topological polar surface area (TPSA) is 87.5 Å². The Kier molecular flexibility index (Phi) is 5.37. The van der Waals surface area contributed by atoms with Crippen LogP contribution in [0.15, 0.2) is 36.5 Å². The van der Waals surface area contributed by atoms with Crippen LogP contribution in [0.4, 0.5) is 0 Å². The van der Waals surface area contributed by atoms with Gasteiger partial charge in [-0.1, -0.05) is 37.3 Å². The summed E-state index contributed by atoms with van der Waals surface area (Å²) in [5, 5.41) is 16.4. The number of nitrogens with zero attached hydrogens (tertiary/aromatic N) is 3. The number of likely N-dealkylation sites (N-methyl/N-ethyl adjacent to an activating group) is 1. The van der Waals surface area contributed by atoms with Crippen LogP contribution in [0.2, 0.25) is 0 Å². The molecule has 0 radical (unpaired) electrons. The Morgan fingerprint density at radius 3 is 2.62 bits per heavy atom. The number of carboxylic acids is 1. The first-order chi connectivity index (χ1) is 12.5. The molecule has 0 aliphatic heterocycles. The molecule has 3 rings (SSSR count). The lowest BCUT2D eigenvalue weighted by Crippen LogP contribution is -2.54. The van der Waals surface area contributed by atoms with Crippen molar-refractivity contribution in [1.29, 1.82) is 0 Å². The van der Waals surface area contributed by atoms with Gasteiger partial charge in [0.25, 0.3) is 5.91 Å². The molecule has 26 heavy (non-hydrogen) atoms. The van der Waals surface area contributed by atoms with E-state index in [1.807, 2.05) is 42.2 Å². The smallest absolute Gasteiger partial charge is 0.317 e. The van der Waals surface area contributed by atoms with E-state index in [2.05, 4.69) is 10.4 Å². The Labute approximate surface area is 152 Å². The summed E-state index contributed by atoms with van der Waals surface area (Å²) in [6.45, 7) is 2.69. The largest absolute Gasteiger partial charge is 0.480 e. The number of aliphatic carboxylic acids is 1. The second-order valence-corrected chi connectivity index (χ2v) is 6.68. The molecule has 0 bridgehead atoms. The maximum Gasteiger partial charge on any atom is 0.317 e. The highest BCUT2D eigenvalue weighted by molar-refractivity contribution is 6.00. The molecule has 138 valence electrons. The quantitative estimate of drug-likeness (QED) is 0.789. The van der Waals surface area contributed by atoms with Gasteiger partial charge in [-0.25, -0.2) is 0 Å². The second-order valence-electron chi connectivity index (χ2n) is 6.68. The highest BCUT2D eigenvalue weighted by Crippen LogP contribution is 2.27. The van der Waals surface area contributed by atoms with Crippen molar-refractivity contribution in [2.75, 3.05) is 13.1 Å². The van der Waals surface area contributed by atoms with Crippen LogP contribution in [0, 0.1) is 0 Å². The summed E-state index contributed by atoms with van der Waals surface area (Å²) in [4.78, 5) is 25.6. The number of carbonyl (C=O) groups is 2. The molecule has 7 heteroatoms. The van der Waals surface area contributed by atoms with Crippen molar-refractivity contribution in [1.82, 2.24) is 20.0 Å². The molecule has 0 unspecified atom stereocenters. The van der Waals surface area contributed by atoms with Crippen molar-refractivity contribution in [3.63, 3.8) is 0 Å². The molecule has 1 heterocycles. The number of aryl methyl sites for hydroxylation is 1. The summed E-state index contributed by atoms with van der Waals surface area (Å²) >= 11 is 0. The van der Waals surface area contributed by atoms with E-state index in [0.717, 1.165) is 18.4 Å². The van der Waals surface area contributed by atoms with Crippen LogP contribution in [0.3, 0.4) is 0 Å². The van der Waals surface area contributed by atoms with Crippen LogP contribution in [0.25, 0.3) is 11.3 Å². The Bertz CT molecular complexity index is 781. The van der Waals surface area contributed by atoms with Gasteiger partial charge in [0, 0.05) is 30.9 Å². The number of hydrogen-bond donors (Lipinski definition) is 2. The maximum absolute atomic E-state index is 12.7. The first-order valence-corrected chi connectivity index (χ1v) is 8.83. The van der Waals surface area contributed by atoms with E-state index in [9.17, 15) is 9.59 Å². The van der Waals surface area contributed by atoms with Crippen LogP contribution in [0.5, 0.6) is 0 Å². The lowest BCUT2D eigenvalue weighted by atomic mass is 9.85. The lowest BCUT2D eigenvalue weighted by molar-refractivity contribution is -0.139. The van der Waals surface area contributed by atoms with Gasteiger partial charge in [-0.15, -0.1) is 0 Å². The zero-order valence-corrected chi connectivity index (χ0v) is 15.1. The lowest BCUT2D eigenvalue weighted by Gasteiger charge is -2.42. The normalized spacial score (nSPS) is 19.2. The molecule has 0 saturated heterocycles. The summed E-state index contributed by atoms with van der Waals surface area (Å²) in [7, 11) is 1.80. The molecule has 1 aliphatic rings. The van der Waals surface area contributed by atoms with E-state index in [4.69, 9.17) is 5.11 Å². The van der Waals surface area contributed by atoms with Gasteiger partial charge in [-0.3, -0.25) is 19.2 Å². The molecule has 7 nitrogen and oxygen atoms in total. The first kappa shape index (κ1) is 18.1. The minimum Gasteiger partial charge on any atom is -0.480 e. The second kappa shape index (κ2) is 7.70. The molecular weight excluding hydrogens is 332 g/mol. The van der Waals surface area contributed by atoms with Crippen molar-refractivity contribution >= 4 is 11.9 Å². The van der Waals surface area contributed by atoms with Gasteiger partial charge in [0.2, 0.25) is 0 Å². The number of amides is 1. The fourth-order valence-electron chi connectivity index (χ4n) is 3.40. The van der Waals surface area contributed by atoms with E-state index in [0.29, 0.717) is 17.8 Å². The van der Waals surface area contributed by atoms with Crippen molar-refractivity contribution in [2.45, 2.75) is 31.8 Å². The number of aromatic nitrogens is 2. The van der Waals surface area contributed by atoms with E-state index in [-0.39, 0.29) is 24.5 Å². The van der Waals surface area contributed by atoms with Crippen LogP contribution < -0.4 is 5.32 Å². The fourth-order valence-corrected chi connectivity index (χ4v) is 3.40. The van der Waals surface area contributed by atoms with Crippen molar-refractivity contribution in [3.8, 4) is 11.3 Å². The zero-order chi connectivity index (χ0) is 18.7. The summed E-state index contributed by atoms with van der Waals surface area (Å²) in [5.74, 6) is -0.955. The third-order valence-electron chi connectivity index (χ3n) is 4.83. The minimum atomic E-state index is -0.817. The maximum atomic E-state index is 12.7. The number of nitrogens with one attached hydrogen (secondary N) is 1. The molecule has 0 spiro atoms. The molecule has 1 fully saturated rings. The fraction of sp³-hybridized carbons (Fsp3) is 0.421. The monoisotopic (exact) mass is 356 g/mol. The van der Waals surface area contributed by atoms with Gasteiger partial charge >= 0.3 is 5.97 Å². The zero-order valence-electron chi connectivity index (χ0n) is 15.1. The predicted molar refractivity (Wildman–Crippen MR) is 97.8 cm³/mol. The highest BCUT2D eigenvalue weighted by Gasteiger charge is 2.35. The molecule has 1 aromatic heterocycles. The molecule has 1 amide bonds. The number of hydrogen-bond acceptors (Lipinski definition) is 4. The number of carbonyl (C=O) groups excluding carboxylic acids is 1. The molecule has 2 N–H and O–H groups in total. The van der Waals surface area contributed by atoms with Gasteiger partial charge in [0.15, 0.2) is 0 Å². The van der Waals surface area contributed by atoms with Crippen LogP contribution in [0.1, 0.15) is 30.1 Å². The van der Waals surface area contributed by atoms with Gasteiger partial charge in [-0.05, 0) is 19.4 Å². The van der Waals surface area contributed by atoms with E-state index < -0.39 is 5.97 Å². The van der Waals surface area contributed by atoms with E-state index in [1.165, 1.54) is 0 Å². The Hall–Kier alpha value is -2.67. The molecule has 1 saturated carbocycles. The van der Waals surface area contributed by atoms with E-state index in [1.54, 1.807) is 17.9 Å². The van der Waals surface area contributed by atoms with Crippen LogP contribution in [-0.2, 0) is 11.8 Å². The summed E-state index contributed by atoms with van der Waals surface area (Å²) < 4.78 is 1.65. The molecule has 0 atom stereocenters. The third kappa shape index (κ3) is 3.94. The van der Waals surface area contributed by atoms with Crippen molar-refractivity contribution in [2.24, 2.45) is 7.05 Å². The highest BCUT2D eigenvalue weighted by atomic mass is 16.4. The van der Waals surface area contributed by atoms with Gasteiger partial charge in [0.05, 0.1) is 12.1 Å². The van der Waals surface area contributed by atoms with Crippen molar-refractivity contribution in [3.05, 3.63) is 42.1 Å². The summed E-state index contributed by atoms with van der Waals surface area (Å²) in [6.07, 6.45) is 3.28. The first-order valence-electron chi connectivity index (χ1n) is 8.83.